The molecule has 0 N–H and O–H groups in total. The number of rotatable bonds is 2. The molecule has 5 nitrogen and oxygen atoms in total. The molecule has 10 aromatic rings. The molecule has 0 amide bonds. The molecule has 0 saturated heterocycles. The van der Waals surface area contributed by atoms with Crippen molar-refractivity contribution in [1.29, 1.82) is 0 Å². The molecule has 0 aliphatic carbocycles. The second-order valence-corrected chi connectivity index (χ2v) is 11.1. The van der Waals surface area contributed by atoms with Crippen LogP contribution in [0, 0.1) is 0 Å². The molecule has 0 atom stereocenters. The minimum atomic E-state index is 0.926. The zero-order chi connectivity index (χ0) is 28.1. The molecule has 0 saturated carbocycles. The van der Waals surface area contributed by atoms with Crippen molar-refractivity contribution in [1.82, 2.24) is 23.5 Å². The van der Waals surface area contributed by atoms with Gasteiger partial charge in [-0.1, -0.05) is 54.6 Å². The molecule has 5 heteroatoms. The molecule has 0 spiro atoms. The molecule has 5 aromatic heterocycles. The van der Waals surface area contributed by atoms with Crippen LogP contribution in [-0.4, -0.2) is 23.5 Å². The Morgan fingerprint density at radius 1 is 0.419 bits per heavy atom. The molecule has 0 unspecified atom stereocenters. The van der Waals surface area contributed by atoms with Gasteiger partial charge in [-0.2, -0.15) is 0 Å². The maximum absolute atomic E-state index is 4.97. The summed E-state index contributed by atoms with van der Waals surface area (Å²) in [5.41, 5.74) is 9.98. The third-order valence-electron chi connectivity index (χ3n) is 8.92. The van der Waals surface area contributed by atoms with Crippen molar-refractivity contribution in [2.24, 2.45) is 0 Å². The van der Waals surface area contributed by atoms with E-state index in [-0.39, 0.29) is 0 Å². The molecule has 0 fully saturated rings. The first-order chi connectivity index (χ1) is 21.4. The minimum Gasteiger partial charge on any atom is -0.309 e. The molecule has 0 aliphatic rings. The largest absolute Gasteiger partial charge is 0.309 e. The number of nitrogens with zero attached hydrogens (tertiary/aromatic N) is 5. The summed E-state index contributed by atoms with van der Waals surface area (Å²) in [5, 5.41) is 7.08. The van der Waals surface area contributed by atoms with Gasteiger partial charge >= 0.3 is 0 Å². The molecule has 5 aromatic carbocycles. The lowest BCUT2D eigenvalue weighted by molar-refractivity contribution is 1.16. The van der Waals surface area contributed by atoms with Gasteiger partial charge in [0.1, 0.15) is 5.65 Å². The second-order valence-electron chi connectivity index (χ2n) is 11.1. The number of fused-ring (bicyclic) bond motifs is 13. The highest BCUT2D eigenvalue weighted by Gasteiger charge is 2.22. The van der Waals surface area contributed by atoms with Gasteiger partial charge in [0, 0.05) is 62.3 Å². The fourth-order valence-corrected chi connectivity index (χ4v) is 7.19. The van der Waals surface area contributed by atoms with Gasteiger partial charge in [0.15, 0.2) is 0 Å². The molecule has 0 radical (unpaired) electrons. The SMILES string of the molecule is c1ccc(-n2c3ccccc3c3cc4c5c6c7ncccc7c7nccn7c6ccc5n(-c5ccccc5)c4cc32)cc1. The lowest BCUT2D eigenvalue weighted by Gasteiger charge is -2.11. The molecule has 10 rings (SSSR count). The Hall–Kier alpha value is -5.94. The normalized spacial score (nSPS) is 12.2. The van der Waals surface area contributed by atoms with Crippen LogP contribution in [0.3, 0.4) is 0 Å². The van der Waals surface area contributed by atoms with E-state index in [1.165, 1.54) is 32.6 Å². The third kappa shape index (κ3) is 2.95. The Morgan fingerprint density at radius 3 is 1.91 bits per heavy atom. The van der Waals surface area contributed by atoms with Gasteiger partial charge in [0.25, 0.3) is 0 Å². The Balaban J connectivity index is 1.49. The minimum absolute atomic E-state index is 0.926. The highest BCUT2D eigenvalue weighted by atomic mass is 15.0. The highest BCUT2D eigenvalue weighted by molar-refractivity contribution is 6.30. The van der Waals surface area contributed by atoms with E-state index in [2.05, 4.69) is 135 Å². The molecular weight excluding hydrogens is 526 g/mol. The zero-order valence-corrected chi connectivity index (χ0v) is 23.0. The summed E-state index contributed by atoms with van der Waals surface area (Å²) in [4.78, 5) is 9.68. The lowest BCUT2D eigenvalue weighted by atomic mass is 10.0. The number of aromatic nitrogens is 5. The highest BCUT2D eigenvalue weighted by Crippen LogP contribution is 2.43. The molecule has 43 heavy (non-hydrogen) atoms. The second kappa shape index (κ2) is 8.30. The van der Waals surface area contributed by atoms with Gasteiger partial charge in [0.2, 0.25) is 0 Å². The maximum atomic E-state index is 4.97. The number of para-hydroxylation sites is 3. The number of pyridine rings is 2. The van der Waals surface area contributed by atoms with Crippen molar-refractivity contribution in [3.05, 3.63) is 140 Å². The fourth-order valence-electron chi connectivity index (χ4n) is 7.19. The van der Waals surface area contributed by atoms with Gasteiger partial charge in [-0.25, -0.2) is 4.98 Å². The predicted molar refractivity (Wildman–Crippen MR) is 177 cm³/mol. The van der Waals surface area contributed by atoms with Crippen molar-refractivity contribution in [2.45, 2.75) is 0 Å². The number of imidazole rings is 1. The van der Waals surface area contributed by atoms with Gasteiger partial charge in [-0.15, -0.1) is 0 Å². The maximum Gasteiger partial charge on any atom is 0.146 e. The van der Waals surface area contributed by atoms with Crippen molar-refractivity contribution < 1.29 is 0 Å². The van der Waals surface area contributed by atoms with Crippen LogP contribution in [0.25, 0.3) is 82.4 Å². The van der Waals surface area contributed by atoms with E-state index >= 15 is 0 Å². The Bertz CT molecular complexity index is 2710. The van der Waals surface area contributed by atoms with E-state index in [4.69, 9.17) is 9.97 Å². The number of hydrogen-bond acceptors (Lipinski definition) is 2. The van der Waals surface area contributed by atoms with Gasteiger partial charge in [-0.05, 0) is 66.7 Å². The van der Waals surface area contributed by atoms with Crippen molar-refractivity contribution >= 4 is 71.1 Å². The molecule has 5 heterocycles. The average Bonchev–Trinajstić information content (AvgIpc) is 3.77. The van der Waals surface area contributed by atoms with Crippen molar-refractivity contribution in [3.63, 3.8) is 0 Å². The van der Waals surface area contributed by atoms with Crippen LogP contribution in [-0.2, 0) is 0 Å². The Kier molecular flexibility index (Phi) is 4.39. The van der Waals surface area contributed by atoms with Crippen LogP contribution < -0.4 is 0 Å². The van der Waals surface area contributed by atoms with Gasteiger partial charge in [0.05, 0.1) is 33.1 Å². The quantitative estimate of drug-likeness (QED) is 0.202. The zero-order valence-electron chi connectivity index (χ0n) is 23.0. The summed E-state index contributed by atoms with van der Waals surface area (Å²) in [6.45, 7) is 0. The van der Waals surface area contributed by atoms with E-state index in [0.29, 0.717) is 0 Å². The molecule has 0 bridgehead atoms. The van der Waals surface area contributed by atoms with E-state index < -0.39 is 0 Å². The Labute approximate surface area is 245 Å². The summed E-state index contributed by atoms with van der Waals surface area (Å²) in [6, 6.07) is 43.4. The molecule has 0 aliphatic heterocycles. The van der Waals surface area contributed by atoms with Gasteiger partial charge in [-0.3, -0.25) is 9.38 Å². The summed E-state index contributed by atoms with van der Waals surface area (Å²) in [6.07, 6.45) is 5.82. The van der Waals surface area contributed by atoms with Crippen LogP contribution >= 0.6 is 0 Å². The molecular formula is C38H23N5. The van der Waals surface area contributed by atoms with Crippen LogP contribution in [0.5, 0.6) is 0 Å². The smallest absolute Gasteiger partial charge is 0.146 e. The first-order valence-corrected chi connectivity index (χ1v) is 14.5. The molecule has 200 valence electrons. The summed E-state index contributed by atoms with van der Waals surface area (Å²) >= 11 is 0. The van der Waals surface area contributed by atoms with Gasteiger partial charge < -0.3 is 9.13 Å². The summed E-state index contributed by atoms with van der Waals surface area (Å²) < 4.78 is 6.99. The van der Waals surface area contributed by atoms with Crippen LogP contribution in [0.2, 0.25) is 0 Å². The summed E-state index contributed by atoms with van der Waals surface area (Å²) in [5.74, 6) is 0. The average molecular weight is 550 g/mol. The first kappa shape index (κ1) is 22.7. The predicted octanol–water partition coefficient (Wildman–Crippen LogP) is 9.23. The van der Waals surface area contributed by atoms with E-state index in [0.717, 1.165) is 49.9 Å². The lowest BCUT2D eigenvalue weighted by Crippen LogP contribution is -1.96. The third-order valence-corrected chi connectivity index (χ3v) is 8.92. The van der Waals surface area contributed by atoms with Crippen molar-refractivity contribution in [3.8, 4) is 11.4 Å². The van der Waals surface area contributed by atoms with E-state index in [9.17, 15) is 0 Å². The topological polar surface area (TPSA) is 40.1 Å². The van der Waals surface area contributed by atoms with Crippen LogP contribution in [0.4, 0.5) is 0 Å². The number of hydrogen-bond donors (Lipinski definition) is 0. The van der Waals surface area contributed by atoms with Crippen LogP contribution in [0.15, 0.2) is 140 Å². The summed E-state index contributed by atoms with van der Waals surface area (Å²) in [7, 11) is 0. The van der Waals surface area contributed by atoms with Crippen LogP contribution in [0.1, 0.15) is 0 Å². The Morgan fingerprint density at radius 2 is 1.09 bits per heavy atom. The van der Waals surface area contributed by atoms with E-state index in [1.54, 1.807) is 0 Å². The fraction of sp³-hybridized carbons (Fsp3) is 0. The first-order valence-electron chi connectivity index (χ1n) is 14.5. The van der Waals surface area contributed by atoms with Crippen molar-refractivity contribution in [2.75, 3.05) is 0 Å². The number of benzene rings is 5. The monoisotopic (exact) mass is 549 g/mol. The van der Waals surface area contributed by atoms with E-state index in [1.807, 2.05) is 18.5 Å². The standard InChI is InChI=1S/C38H23N5/c1-3-10-24(11-4-1)42-30-16-8-7-14-26(30)28-22-29-34(23-33(28)42)43(25-12-5-2-6-13-25)32-18-17-31-36(35(29)32)37-27(15-9-19-39-37)38-40-20-21-41(31)38/h1-23H.